The summed E-state index contributed by atoms with van der Waals surface area (Å²) in [6.07, 6.45) is 3.61. The summed E-state index contributed by atoms with van der Waals surface area (Å²) < 4.78 is 0. The first-order chi connectivity index (χ1) is 8.16. The van der Waals surface area contributed by atoms with Crippen molar-refractivity contribution in [3.8, 4) is 0 Å². The normalized spacial score (nSPS) is 25.8. The van der Waals surface area contributed by atoms with Gasteiger partial charge in [-0.1, -0.05) is 17.8 Å². The summed E-state index contributed by atoms with van der Waals surface area (Å²) in [5.41, 5.74) is 1.61. The zero-order valence-corrected chi connectivity index (χ0v) is 11.0. The molecule has 1 aromatic heterocycles. The molecule has 2 heterocycles. The number of aromatic nitrogens is 2. The average molecular weight is 254 g/mol. The number of rotatable bonds is 3. The van der Waals surface area contributed by atoms with Crippen LogP contribution < -0.4 is 5.32 Å². The number of hydrogen-bond acceptors (Lipinski definition) is 5. The SMILES string of the molecule is CC1CCCC(C)N1CC(=O)Nc1nncs1. The monoisotopic (exact) mass is 254 g/mol. The van der Waals surface area contributed by atoms with Crippen LogP contribution in [0.1, 0.15) is 33.1 Å². The van der Waals surface area contributed by atoms with E-state index in [1.54, 1.807) is 5.51 Å². The first kappa shape index (κ1) is 12.4. The highest BCUT2D eigenvalue weighted by molar-refractivity contribution is 7.13. The molecule has 1 saturated heterocycles. The van der Waals surface area contributed by atoms with Crippen molar-refractivity contribution in [2.75, 3.05) is 11.9 Å². The zero-order chi connectivity index (χ0) is 12.3. The standard InChI is InChI=1S/C11H18N4OS/c1-8-4-3-5-9(2)15(8)6-10(16)13-11-14-12-7-17-11/h7-9H,3-6H2,1-2H3,(H,13,14,16). The molecule has 5 nitrogen and oxygen atoms in total. The average Bonchev–Trinajstić information content (AvgIpc) is 2.76. The van der Waals surface area contributed by atoms with E-state index < -0.39 is 0 Å². The molecule has 0 aromatic carbocycles. The van der Waals surface area contributed by atoms with E-state index in [1.807, 2.05) is 0 Å². The molecule has 0 saturated carbocycles. The van der Waals surface area contributed by atoms with Gasteiger partial charge in [-0.3, -0.25) is 15.0 Å². The lowest BCUT2D eigenvalue weighted by Crippen LogP contribution is -2.47. The molecule has 1 aromatic rings. The highest BCUT2D eigenvalue weighted by atomic mass is 32.1. The van der Waals surface area contributed by atoms with Crippen LogP contribution >= 0.6 is 11.3 Å². The molecule has 6 heteroatoms. The fourth-order valence-electron chi connectivity index (χ4n) is 2.34. The molecule has 0 spiro atoms. The maximum atomic E-state index is 11.9. The number of hydrogen-bond donors (Lipinski definition) is 1. The molecule has 1 amide bonds. The fourth-order valence-corrected chi connectivity index (χ4v) is 2.80. The van der Waals surface area contributed by atoms with Gasteiger partial charge in [-0.05, 0) is 26.7 Å². The lowest BCUT2D eigenvalue weighted by Gasteiger charge is -2.38. The quantitative estimate of drug-likeness (QED) is 0.892. The number of nitrogens with one attached hydrogen (secondary N) is 1. The fraction of sp³-hybridized carbons (Fsp3) is 0.727. The second-order valence-electron chi connectivity index (χ2n) is 4.59. The first-order valence-electron chi connectivity index (χ1n) is 5.98. The highest BCUT2D eigenvalue weighted by Gasteiger charge is 2.26. The second-order valence-corrected chi connectivity index (χ2v) is 5.43. The lowest BCUT2D eigenvalue weighted by atomic mass is 9.97. The number of likely N-dealkylation sites (tertiary alicyclic amines) is 1. The second kappa shape index (κ2) is 5.55. The minimum absolute atomic E-state index is 0.00218. The summed E-state index contributed by atoms with van der Waals surface area (Å²) >= 11 is 1.34. The zero-order valence-electron chi connectivity index (χ0n) is 10.2. The third-order valence-electron chi connectivity index (χ3n) is 3.31. The Bertz CT molecular complexity index is 358. The highest BCUT2D eigenvalue weighted by Crippen LogP contribution is 2.22. The molecule has 1 aliphatic heterocycles. The van der Waals surface area contributed by atoms with Crippen LogP contribution in [-0.4, -0.2) is 39.6 Å². The van der Waals surface area contributed by atoms with Gasteiger partial charge in [-0.25, -0.2) is 0 Å². The van der Waals surface area contributed by atoms with Crippen molar-refractivity contribution < 1.29 is 4.79 Å². The molecule has 0 bridgehead atoms. The molecular formula is C11H18N4OS. The summed E-state index contributed by atoms with van der Waals surface area (Å²) in [7, 11) is 0. The smallest absolute Gasteiger partial charge is 0.240 e. The van der Waals surface area contributed by atoms with Crippen molar-refractivity contribution in [3.05, 3.63) is 5.51 Å². The number of carbonyl (C=O) groups is 1. The Balaban J connectivity index is 1.88. The van der Waals surface area contributed by atoms with Crippen LogP contribution in [0.2, 0.25) is 0 Å². The van der Waals surface area contributed by atoms with E-state index in [2.05, 4.69) is 34.3 Å². The molecule has 2 rings (SSSR count). The maximum absolute atomic E-state index is 11.9. The molecule has 1 aliphatic rings. The van der Waals surface area contributed by atoms with Crippen molar-refractivity contribution in [1.29, 1.82) is 0 Å². The Labute approximate surface area is 105 Å². The number of piperidine rings is 1. The number of nitrogens with zero attached hydrogens (tertiary/aromatic N) is 3. The van der Waals surface area contributed by atoms with Crippen molar-refractivity contribution in [3.63, 3.8) is 0 Å². The Morgan fingerprint density at radius 1 is 1.53 bits per heavy atom. The van der Waals surface area contributed by atoms with E-state index in [0.717, 1.165) is 0 Å². The van der Waals surface area contributed by atoms with Crippen molar-refractivity contribution in [2.45, 2.75) is 45.2 Å². The lowest BCUT2D eigenvalue weighted by molar-refractivity contribution is -0.118. The summed E-state index contributed by atoms with van der Waals surface area (Å²) in [5.74, 6) is 0.00218. The van der Waals surface area contributed by atoms with E-state index in [-0.39, 0.29) is 5.91 Å². The van der Waals surface area contributed by atoms with Gasteiger partial charge in [-0.2, -0.15) is 0 Å². The summed E-state index contributed by atoms with van der Waals surface area (Å²) in [6, 6.07) is 0.970. The van der Waals surface area contributed by atoms with E-state index in [9.17, 15) is 4.79 Å². The van der Waals surface area contributed by atoms with Crippen LogP contribution in [0.3, 0.4) is 0 Å². The third-order valence-corrected chi connectivity index (χ3v) is 3.92. The summed E-state index contributed by atoms with van der Waals surface area (Å²) in [6.45, 7) is 4.82. The van der Waals surface area contributed by atoms with Crippen molar-refractivity contribution in [2.24, 2.45) is 0 Å². The molecule has 0 aliphatic carbocycles. The molecule has 17 heavy (non-hydrogen) atoms. The van der Waals surface area contributed by atoms with Gasteiger partial charge < -0.3 is 0 Å². The van der Waals surface area contributed by atoms with Gasteiger partial charge in [0, 0.05) is 12.1 Å². The first-order valence-corrected chi connectivity index (χ1v) is 6.86. The van der Waals surface area contributed by atoms with Crippen LogP contribution in [-0.2, 0) is 4.79 Å². The van der Waals surface area contributed by atoms with Crippen molar-refractivity contribution >= 4 is 22.4 Å². The van der Waals surface area contributed by atoms with E-state index in [0.29, 0.717) is 23.8 Å². The number of anilines is 1. The van der Waals surface area contributed by atoms with E-state index in [4.69, 9.17) is 0 Å². The molecule has 1 N–H and O–H groups in total. The summed E-state index contributed by atoms with van der Waals surface area (Å²) in [4.78, 5) is 14.1. The number of amides is 1. The Morgan fingerprint density at radius 2 is 2.24 bits per heavy atom. The predicted molar refractivity (Wildman–Crippen MR) is 68.0 cm³/mol. The minimum atomic E-state index is 0.00218. The van der Waals surface area contributed by atoms with Gasteiger partial charge in [0.2, 0.25) is 11.0 Å². The largest absolute Gasteiger partial charge is 0.299 e. The van der Waals surface area contributed by atoms with Crippen molar-refractivity contribution in [1.82, 2.24) is 15.1 Å². The minimum Gasteiger partial charge on any atom is -0.299 e. The third kappa shape index (κ3) is 3.23. The predicted octanol–water partition coefficient (Wildman–Crippen LogP) is 1.74. The molecule has 1 fully saturated rings. The molecule has 2 unspecified atom stereocenters. The molecule has 0 radical (unpaired) electrons. The molecule has 2 atom stereocenters. The topological polar surface area (TPSA) is 58.1 Å². The van der Waals surface area contributed by atoms with Gasteiger partial charge in [0.1, 0.15) is 5.51 Å². The molecule has 94 valence electrons. The van der Waals surface area contributed by atoms with E-state index in [1.165, 1.54) is 30.6 Å². The van der Waals surface area contributed by atoms with Crippen LogP contribution in [0, 0.1) is 0 Å². The van der Waals surface area contributed by atoms with Crippen LogP contribution in [0.4, 0.5) is 5.13 Å². The van der Waals surface area contributed by atoms with Gasteiger partial charge in [0.25, 0.3) is 0 Å². The van der Waals surface area contributed by atoms with Gasteiger partial charge in [0.15, 0.2) is 0 Å². The van der Waals surface area contributed by atoms with Gasteiger partial charge in [-0.15, -0.1) is 10.2 Å². The summed E-state index contributed by atoms with van der Waals surface area (Å²) in [5, 5.41) is 10.8. The Hall–Kier alpha value is -1.01. The van der Waals surface area contributed by atoms with Crippen LogP contribution in [0.25, 0.3) is 0 Å². The van der Waals surface area contributed by atoms with E-state index >= 15 is 0 Å². The van der Waals surface area contributed by atoms with Crippen LogP contribution in [0.15, 0.2) is 5.51 Å². The maximum Gasteiger partial charge on any atom is 0.240 e. The molecular weight excluding hydrogens is 236 g/mol. The van der Waals surface area contributed by atoms with Crippen LogP contribution in [0.5, 0.6) is 0 Å². The van der Waals surface area contributed by atoms with Gasteiger partial charge >= 0.3 is 0 Å². The number of carbonyl (C=O) groups excluding carboxylic acids is 1. The Morgan fingerprint density at radius 3 is 2.82 bits per heavy atom. The Kier molecular flexibility index (Phi) is 4.06. The van der Waals surface area contributed by atoms with Gasteiger partial charge in [0.05, 0.1) is 6.54 Å².